The Morgan fingerprint density at radius 3 is 2.63 bits per heavy atom. The lowest BCUT2D eigenvalue weighted by Gasteiger charge is -2.17. The molecule has 138 valence electrons. The number of fused-ring (bicyclic) bond motifs is 6. The van der Waals surface area contributed by atoms with Gasteiger partial charge >= 0.3 is 5.97 Å². The van der Waals surface area contributed by atoms with Gasteiger partial charge in [-0.05, 0) is 36.5 Å². The second-order valence-corrected chi connectivity index (χ2v) is 9.26. The lowest BCUT2D eigenvalue weighted by Crippen LogP contribution is -2.32. The molecule has 0 spiro atoms. The molecule has 1 aromatic carbocycles. The highest BCUT2D eigenvalue weighted by atomic mass is 32.2. The summed E-state index contributed by atoms with van der Waals surface area (Å²) >= 11 is 2.76. The van der Waals surface area contributed by atoms with Crippen molar-refractivity contribution in [2.75, 3.05) is 17.8 Å². The van der Waals surface area contributed by atoms with Gasteiger partial charge in [-0.15, -0.1) is 11.3 Å². The lowest BCUT2D eigenvalue weighted by molar-refractivity contribution is -0.137. The third-order valence-corrected chi connectivity index (χ3v) is 7.76. The third kappa shape index (κ3) is 2.54. The van der Waals surface area contributed by atoms with E-state index in [4.69, 9.17) is 0 Å². The summed E-state index contributed by atoms with van der Waals surface area (Å²) in [6.07, 6.45) is 5.12. The van der Waals surface area contributed by atoms with Crippen molar-refractivity contribution in [1.82, 2.24) is 4.98 Å². The molecule has 0 unspecified atom stereocenters. The van der Waals surface area contributed by atoms with Crippen LogP contribution in [0.25, 0.3) is 10.2 Å². The van der Waals surface area contributed by atoms with Crippen molar-refractivity contribution in [2.45, 2.75) is 10.8 Å². The fourth-order valence-corrected chi connectivity index (χ4v) is 6.36. The van der Waals surface area contributed by atoms with E-state index in [1.807, 2.05) is 12.1 Å². The Bertz CT molecular complexity index is 984. The molecule has 0 radical (unpaired) electrons. The zero-order valence-electron chi connectivity index (χ0n) is 14.5. The van der Waals surface area contributed by atoms with E-state index in [1.165, 1.54) is 35.1 Å². The average molecular weight is 400 g/mol. The monoisotopic (exact) mass is 400 g/mol. The molecule has 4 atom stereocenters. The molecule has 27 heavy (non-hydrogen) atoms. The number of aromatic nitrogens is 1. The van der Waals surface area contributed by atoms with E-state index in [0.29, 0.717) is 5.69 Å². The number of methoxy groups -OCH3 is 1. The number of nitrogens with zero attached hydrogens (tertiary/aromatic N) is 2. The summed E-state index contributed by atoms with van der Waals surface area (Å²) in [6.45, 7) is 0. The molecule has 1 saturated carbocycles. The van der Waals surface area contributed by atoms with Gasteiger partial charge in [0.15, 0.2) is 4.34 Å². The van der Waals surface area contributed by atoms with Gasteiger partial charge in [-0.25, -0.2) is 9.88 Å². The van der Waals surface area contributed by atoms with Crippen LogP contribution < -0.4 is 4.90 Å². The van der Waals surface area contributed by atoms with E-state index in [0.717, 1.165) is 21.0 Å². The number of thioether (sulfide) groups is 1. The van der Waals surface area contributed by atoms with Crippen LogP contribution in [-0.2, 0) is 19.1 Å². The Morgan fingerprint density at radius 1 is 1.26 bits per heavy atom. The average Bonchev–Trinajstić information content (AvgIpc) is 3.42. The summed E-state index contributed by atoms with van der Waals surface area (Å²) in [4.78, 5) is 43.0. The van der Waals surface area contributed by atoms with E-state index < -0.39 is 0 Å². The molecule has 6 nitrogen and oxygen atoms in total. The Morgan fingerprint density at radius 2 is 1.96 bits per heavy atom. The summed E-state index contributed by atoms with van der Waals surface area (Å²) in [7, 11) is 1.36. The van der Waals surface area contributed by atoms with Gasteiger partial charge in [-0.2, -0.15) is 0 Å². The highest BCUT2D eigenvalue weighted by Gasteiger charge is 2.59. The van der Waals surface area contributed by atoms with Crippen molar-refractivity contribution in [3.05, 3.63) is 30.4 Å². The van der Waals surface area contributed by atoms with Crippen molar-refractivity contribution in [3.8, 4) is 0 Å². The van der Waals surface area contributed by atoms with E-state index in [9.17, 15) is 14.4 Å². The zero-order valence-corrected chi connectivity index (χ0v) is 16.1. The minimum absolute atomic E-state index is 0.0778. The number of carbonyl (C=O) groups excluding carboxylic acids is 3. The number of thiazole rings is 1. The largest absolute Gasteiger partial charge is 0.468 e. The number of carbonyl (C=O) groups is 3. The number of hydrogen-bond acceptors (Lipinski definition) is 7. The molecule has 3 aliphatic rings. The molecular weight excluding hydrogens is 384 g/mol. The predicted octanol–water partition coefficient (Wildman–Crippen LogP) is 2.87. The van der Waals surface area contributed by atoms with Gasteiger partial charge in [0.05, 0.1) is 40.6 Å². The van der Waals surface area contributed by atoms with Gasteiger partial charge in [-0.1, -0.05) is 23.9 Å². The van der Waals surface area contributed by atoms with Gasteiger partial charge < -0.3 is 4.74 Å². The maximum Gasteiger partial charge on any atom is 0.316 e. The van der Waals surface area contributed by atoms with Crippen LogP contribution >= 0.6 is 23.1 Å². The van der Waals surface area contributed by atoms with Gasteiger partial charge in [-0.3, -0.25) is 14.4 Å². The molecule has 2 bridgehead atoms. The normalized spacial score (nSPS) is 28.4. The maximum atomic E-state index is 12.9. The summed E-state index contributed by atoms with van der Waals surface area (Å²) in [5, 5.41) is 0. The molecule has 2 aliphatic carbocycles. The minimum Gasteiger partial charge on any atom is -0.468 e. The first-order valence-electron chi connectivity index (χ1n) is 8.73. The molecule has 2 heterocycles. The highest BCUT2D eigenvalue weighted by Crippen LogP contribution is 2.53. The first-order valence-corrected chi connectivity index (χ1v) is 10.5. The minimum atomic E-state index is -0.303. The van der Waals surface area contributed by atoms with E-state index in [-0.39, 0.29) is 47.2 Å². The van der Waals surface area contributed by atoms with E-state index >= 15 is 0 Å². The number of allylic oxidation sites excluding steroid dienone is 2. The maximum absolute atomic E-state index is 12.9. The van der Waals surface area contributed by atoms with Crippen LogP contribution in [0.3, 0.4) is 0 Å². The Hall–Kier alpha value is -2.19. The Balaban J connectivity index is 1.43. The van der Waals surface area contributed by atoms with Crippen molar-refractivity contribution >= 4 is 56.8 Å². The number of amides is 2. The second-order valence-electron chi connectivity index (χ2n) is 7.01. The number of hydrogen-bond donors (Lipinski definition) is 0. The van der Waals surface area contributed by atoms with Crippen LogP contribution in [0.1, 0.15) is 6.42 Å². The summed E-state index contributed by atoms with van der Waals surface area (Å²) in [5.74, 6) is -0.248. The Labute approximate surface area is 163 Å². The quantitative estimate of drug-likeness (QED) is 0.340. The third-order valence-electron chi connectivity index (χ3n) is 5.62. The molecular formula is C19H16N2O4S2. The fraction of sp³-hybridized carbons (Fsp3) is 0.368. The van der Waals surface area contributed by atoms with Crippen molar-refractivity contribution < 1.29 is 19.1 Å². The molecule has 2 fully saturated rings. The zero-order chi connectivity index (χ0) is 18.7. The predicted molar refractivity (Wildman–Crippen MR) is 103 cm³/mol. The smallest absolute Gasteiger partial charge is 0.316 e. The van der Waals surface area contributed by atoms with Crippen LogP contribution in [0, 0.1) is 23.7 Å². The molecule has 1 aliphatic heterocycles. The highest BCUT2D eigenvalue weighted by molar-refractivity contribution is 8.01. The molecule has 2 aromatic rings. The van der Waals surface area contributed by atoms with Crippen molar-refractivity contribution in [1.29, 1.82) is 0 Å². The number of imide groups is 1. The summed E-state index contributed by atoms with van der Waals surface area (Å²) < 4.78 is 6.29. The molecule has 0 N–H and O–H groups in total. The first kappa shape index (κ1) is 16.9. The number of ether oxygens (including phenoxy) is 1. The van der Waals surface area contributed by atoms with Crippen molar-refractivity contribution in [2.24, 2.45) is 23.7 Å². The van der Waals surface area contributed by atoms with Gasteiger partial charge in [0, 0.05) is 0 Å². The van der Waals surface area contributed by atoms with Gasteiger partial charge in [0.2, 0.25) is 11.8 Å². The van der Waals surface area contributed by atoms with Crippen LogP contribution in [0.5, 0.6) is 0 Å². The summed E-state index contributed by atoms with van der Waals surface area (Å²) in [5.41, 5.74) is 1.40. The topological polar surface area (TPSA) is 76.6 Å². The van der Waals surface area contributed by atoms with Crippen LogP contribution in [0.4, 0.5) is 5.69 Å². The number of anilines is 1. The van der Waals surface area contributed by atoms with Crippen molar-refractivity contribution in [3.63, 3.8) is 0 Å². The van der Waals surface area contributed by atoms with Crippen LogP contribution in [-0.4, -0.2) is 35.6 Å². The number of esters is 1. The standard InChI is InChI=1S/C19H16N2O4S2/c1-25-14(22)8-26-19-20-12-5-4-11(7-13(12)27-19)21-17(23)15-9-2-3-10(6-9)16(15)18(21)24/h2-5,7,9-10,15-16H,6,8H2,1H3/t9-,10-,15-,16-/m0/s1. The molecule has 1 saturated heterocycles. The van der Waals surface area contributed by atoms with Crippen LogP contribution in [0.15, 0.2) is 34.7 Å². The first-order chi connectivity index (χ1) is 13.1. The Kier molecular flexibility index (Phi) is 3.87. The second kappa shape index (κ2) is 6.17. The number of benzene rings is 1. The van der Waals surface area contributed by atoms with Crippen LogP contribution in [0.2, 0.25) is 0 Å². The van der Waals surface area contributed by atoms with Gasteiger partial charge in [0.1, 0.15) is 0 Å². The van der Waals surface area contributed by atoms with Gasteiger partial charge in [0.25, 0.3) is 0 Å². The lowest BCUT2D eigenvalue weighted by atomic mass is 9.85. The molecule has 5 rings (SSSR count). The fourth-order valence-electron chi connectivity index (χ4n) is 4.43. The molecule has 8 heteroatoms. The molecule has 1 aromatic heterocycles. The number of rotatable bonds is 4. The summed E-state index contributed by atoms with van der Waals surface area (Å²) in [6, 6.07) is 5.45. The SMILES string of the molecule is COC(=O)CSc1nc2ccc(N3C(=O)[C@@H]4[C@@H](C3=O)[C@H]3C=C[C@H]4C3)cc2s1. The van der Waals surface area contributed by atoms with E-state index in [1.54, 1.807) is 6.07 Å². The van der Waals surface area contributed by atoms with E-state index in [2.05, 4.69) is 21.9 Å². The molecule has 2 amide bonds.